The van der Waals surface area contributed by atoms with Crippen molar-refractivity contribution in [2.75, 3.05) is 18.1 Å². The normalized spacial score (nSPS) is 11.9. The molecule has 3 aromatic rings. The molecule has 0 saturated carbocycles. The molecule has 0 spiro atoms. The maximum absolute atomic E-state index is 13.1. The van der Waals surface area contributed by atoms with Crippen LogP contribution in [0.2, 0.25) is 0 Å². The molecule has 0 bridgehead atoms. The Labute approximate surface area is 235 Å². The number of amidine groups is 1. The molecule has 9 nitrogen and oxygen atoms in total. The minimum absolute atomic E-state index is 0.152. The number of hydrogen-bond acceptors (Lipinski definition) is 6. The molecule has 40 heavy (non-hydrogen) atoms. The minimum atomic E-state index is -3.41. The van der Waals surface area contributed by atoms with Crippen LogP contribution in [0.15, 0.2) is 77.7 Å². The number of ether oxygens (including phenoxy) is 1. The van der Waals surface area contributed by atoms with Crippen LogP contribution in [0.5, 0.6) is 5.75 Å². The number of nitrogens with one attached hydrogen (secondary N) is 2. The number of carbonyl (C=O) groups excluding carboxylic acids is 1. The van der Waals surface area contributed by atoms with Crippen molar-refractivity contribution < 1.29 is 27.9 Å². The van der Waals surface area contributed by atoms with Crippen molar-refractivity contribution >= 4 is 33.4 Å². The summed E-state index contributed by atoms with van der Waals surface area (Å²) in [5.74, 6) is -0.161. The highest BCUT2D eigenvalue weighted by Gasteiger charge is 2.22. The van der Waals surface area contributed by atoms with Crippen LogP contribution in [0.25, 0.3) is 11.1 Å². The first kappa shape index (κ1) is 30.4. The number of nitrogens with zero attached hydrogens (tertiary/aromatic N) is 1. The van der Waals surface area contributed by atoms with Crippen LogP contribution in [-0.4, -0.2) is 55.2 Å². The summed E-state index contributed by atoms with van der Waals surface area (Å²) >= 11 is 0. The van der Waals surface area contributed by atoms with Crippen molar-refractivity contribution in [3.8, 4) is 16.9 Å². The van der Waals surface area contributed by atoms with Gasteiger partial charge in [-0.3, -0.25) is 15.1 Å². The first-order valence-electron chi connectivity index (χ1n) is 13.1. The fourth-order valence-electron chi connectivity index (χ4n) is 4.15. The van der Waals surface area contributed by atoms with E-state index in [1.807, 2.05) is 13.8 Å². The van der Waals surface area contributed by atoms with Crippen LogP contribution in [0, 0.1) is 5.41 Å². The second-order valence-corrected chi connectivity index (χ2v) is 11.4. The number of anilines is 1. The third-order valence-electron chi connectivity index (χ3n) is 6.22. The molecule has 2 amide bonds. The lowest BCUT2D eigenvalue weighted by Gasteiger charge is -2.21. The lowest BCUT2D eigenvalue weighted by Crippen LogP contribution is -2.36. The lowest BCUT2D eigenvalue weighted by atomic mass is 10.1. The molecule has 0 radical (unpaired) electrons. The van der Waals surface area contributed by atoms with Gasteiger partial charge in [0.15, 0.2) is 15.9 Å². The standard InChI is InChI=1S/C30H35N3O6S/c1-4-6-19-33(30(35)36)28(31)22-11-9-12-24(20-22)39-26(10-5-2)29(34)32-23-17-15-21(16-18-23)25-13-7-8-14-27(25)40(3,37)38/h7-9,11-18,20,26,31H,4-6,10,19H2,1-3H3,(H,32,34)(H,35,36). The number of unbranched alkanes of at least 4 members (excludes halogenated alkanes) is 1. The summed E-state index contributed by atoms with van der Waals surface area (Å²) in [6.45, 7) is 4.10. The highest BCUT2D eigenvalue weighted by atomic mass is 32.2. The number of hydrogen-bond donors (Lipinski definition) is 3. The van der Waals surface area contributed by atoms with E-state index < -0.39 is 22.0 Å². The van der Waals surface area contributed by atoms with Gasteiger partial charge < -0.3 is 15.2 Å². The minimum Gasteiger partial charge on any atom is -0.481 e. The Balaban J connectivity index is 1.75. The molecule has 212 valence electrons. The number of sulfone groups is 1. The number of carbonyl (C=O) groups is 2. The van der Waals surface area contributed by atoms with Gasteiger partial charge in [0.25, 0.3) is 5.91 Å². The average Bonchev–Trinajstić information content (AvgIpc) is 2.93. The van der Waals surface area contributed by atoms with Crippen LogP contribution >= 0.6 is 0 Å². The molecule has 3 N–H and O–H groups in total. The molecule has 0 aliphatic rings. The molecule has 0 saturated heterocycles. The summed E-state index contributed by atoms with van der Waals surface area (Å²) in [4.78, 5) is 26.0. The van der Waals surface area contributed by atoms with E-state index in [4.69, 9.17) is 10.1 Å². The zero-order valence-corrected chi connectivity index (χ0v) is 23.7. The van der Waals surface area contributed by atoms with E-state index in [2.05, 4.69) is 5.32 Å². The number of carboxylic acid groups (broad SMARTS) is 1. The van der Waals surface area contributed by atoms with Gasteiger partial charge in [-0.25, -0.2) is 13.2 Å². The Morgan fingerprint density at radius 3 is 2.33 bits per heavy atom. The van der Waals surface area contributed by atoms with Crippen molar-refractivity contribution in [3.05, 3.63) is 78.4 Å². The van der Waals surface area contributed by atoms with Gasteiger partial charge in [-0.05, 0) is 48.7 Å². The third kappa shape index (κ3) is 7.92. The zero-order chi connectivity index (χ0) is 29.3. The second kappa shape index (κ2) is 13.7. The smallest absolute Gasteiger partial charge is 0.413 e. The molecule has 10 heteroatoms. The quantitative estimate of drug-likeness (QED) is 0.181. The predicted octanol–water partition coefficient (Wildman–Crippen LogP) is 6.05. The molecule has 0 aliphatic carbocycles. The Morgan fingerprint density at radius 1 is 1.00 bits per heavy atom. The first-order chi connectivity index (χ1) is 19.0. The van der Waals surface area contributed by atoms with Crippen molar-refractivity contribution in [2.45, 2.75) is 50.5 Å². The predicted molar refractivity (Wildman–Crippen MR) is 156 cm³/mol. The summed E-state index contributed by atoms with van der Waals surface area (Å²) in [7, 11) is -3.41. The topological polar surface area (TPSA) is 137 Å². The SMILES string of the molecule is CCCCN(C(=N)c1cccc(OC(CCC)C(=O)Nc2ccc(-c3ccccc3S(C)(=O)=O)cc2)c1)C(=O)O. The highest BCUT2D eigenvalue weighted by molar-refractivity contribution is 7.90. The lowest BCUT2D eigenvalue weighted by molar-refractivity contribution is -0.123. The maximum Gasteiger partial charge on any atom is 0.413 e. The van der Waals surface area contributed by atoms with Crippen molar-refractivity contribution in [1.82, 2.24) is 4.90 Å². The molecule has 0 aromatic heterocycles. The van der Waals surface area contributed by atoms with Gasteiger partial charge in [-0.15, -0.1) is 0 Å². The van der Waals surface area contributed by atoms with Crippen LogP contribution in [0.3, 0.4) is 0 Å². The Hall–Kier alpha value is -4.18. The highest BCUT2D eigenvalue weighted by Crippen LogP contribution is 2.28. The first-order valence-corrected chi connectivity index (χ1v) is 15.0. The molecule has 3 aromatic carbocycles. The average molecular weight is 566 g/mol. The maximum atomic E-state index is 13.1. The van der Waals surface area contributed by atoms with Gasteiger partial charge in [0, 0.05) is 29.6 Å². The summed E-state index contributed by atoms with van der Waals surface area (Å²) in [6.07, 6.45) is 1.69. The molecule has 0 aliphatic heterocycles. The molecular formula is C30H35N3O6S. The van der Waals surface area contributed by atoms with Gasteiger partial charge in [0.2, 0.25) is 0 Å². The molecule has 3 rings (SSSR count). The fourth-order valence-corrected chi connectivity index (χ4v) is 5.06. The van der Waals surface area contributed by atoms with E-state index in [-0.39, 0.29) is 23.2 Å². The molecular weight excluding hydrogens is 530 g/mol. The van der Waals surface area contributed by atoms with Crippen molar-refractivity contribution in [2.24, 2.45) is 0 Å². The van der Waals surface area contributed by atoms with Gasteiger partial charge in [-0.2, -0.15) is 0 Å². The van der Waals surface area contributed by atoms with Crippen molar-refractivity contribution in [3.63, 3.8) is 0 Å². The molecule has 0 fully saturated rings. The van der Waals surface area contributed by atoms with E-state index >= 15 is 0 Å². The zero-order valence-electron chi connectivity index (χ0n) is 22.9. The Bertz CT molecular complexity index is 1450. The van der Waals surface area contributed by atoms with Crippen LogP contribution < -0.4 is 10.1 Å². The van der Waals surface area contributed by atoms with E-state index in [0.717, 1.165) is 11.3 Å². The Kier molecular flexibility index (Phi) is 10.4. The molecule has 1 atom stereocenters. The molecule has 1 unspecified atom stereocenters. The Morgan fingerprint density at radius 2 is 1.70 bits per heavy atom. The summed E-state index contributed by atoms with van der Waals surface area (Å²) in [5, 5.41) is 20.8. The summed E-state index contributed by atoms with van der Waals surface area (Å²) < 4.78 is 30.4. The van der Waals surface area contributed by atoms with E-state index in [0.29, 0.717) is 47.4 Å². The third-order valence-corrected chi connectivity index (χ3v) is 7.37. The second-order valence-electron chi connectivity index (χ2n) is 9.39. The number of benzene rings is 3. The van der Waals surface area contributed by atoms with Crippen LogP contribution in [0.1, 0.15) is 45.1 Å². The molecule has 0 heterocycles. The number of amides is 2. The van der Waals surface area contributed by atoms with E-state index in [1.54, 1.807) is 72.8 Å². The van der Waals surface area contributed by atoms with Crippen molar-refractivity contribution in [1.29, 1.82) is 5.41 Å². The largest absolute Gasteiger partial charge is 0.481 e. The summed E-state index contributed by atoms with van der Waals surface area (Å²) in [6, 6.07) is 20.2. The monoisotopic (exact) mass is 565 g/mol. The van der Waals surface area contributed by atoms with Crippen LogP contribution in [0.4, 0.5) is 10.5 Å². The van der Waals surface area contributed by atoms with Gasteiger partial charge in [0.05, 0.1) is 4.90 Å². The van der Waals surface area contributed by atoms with Gasteiger partial charge >= 0.3 is 6.09 Å². The fraction of sp³-hybridized carbons (Fsp3) is 0.300. The van der Waals surface area contributed by atoms with Crippen LogP contribution in [-0.2, 0) is 14.6 Å². The van der Waals surface area contributed by atoms with E-state index in [1.165, 1.54) is 6.26 Å². The van der Waals surface area contributed by atoms with E-state index in [9.17, 15) is 23.1 Å². The van der Waals surface area contributed by atoms with Gasteiger partial charge in [-0.1, -0.05) is 69.2 Å². The van der Waals surface area contributed by atoms with Gasteiger partial charge in [0.1, 0.15) is 11.6 Å². The summed E-state index contributed by atoms with van der Waals surface area (Å²) in [5.41, 5.74) is 2.18. The number of rotatable bonds is 12.